The van der Waals surface area contributed by atoms with E-state index in [0.29, 0.717) is 26.6 Å². The summed E-state index contributed by atoms with van der Waals surface area (Å²) >= 11 is 3.42. The minimum Gasteiger partial charge on any atom is -0.478 e. The molecular formula is C18H14BrNO3. The van der Waals surface area contributed by atoms with Crippen molar-refractivity contribution in [1.82, 2.24) is 4.98 Å². The molecule has 0 fully saturated rings. The summed E-state index contributed by atoms with van der Waals surface area (Å²) in [5.74, 6) is -1.02. The molecule has 0 bridgehead atoms. The summed E-state index contributed by atoms with van der Waals surface area (Å²) in [5, 5.41) is 19.7. The van der Waals surface area contributed by atoms with Crippen LogP contribution in [-0.4, -0.2) is 27.8 Å². The Bertz CT molecular complexity index is 878. The number of carboxylic acids is 1. The molecule has 0 unspecified atom stereocenters. The molecule has 0 spiro atoms. The number of aliphatic hydroxyl groups is 1. The number of hydrogen-bond acceptors (Lipinski definition) is 3. The molecule has 0 saturated heterocycles. The second-order valence-electron chi connectivity index (χ2n) is 5.09. The molecule has 1 aromatic heterocycles. The zero-order valence-corrected chi connectivity index (χ0v) is 13.7. The summed E-state index contributed by atoms with van der Waals surface area (Å²) in [6.07, 6.45) is 0.232. The van der Waals surface area contributed by atoms with Crippen LogP contribution in [0.1, 0.15) is 15.9 Å². The molecule has 2 aromatic carbocycles. The highest BCUT2D eigenvalue weighted by Gasteiger charge is 2.22. The Morgan fingerprint density at radius 2 is 1.83 bits per heavy atom. The van der Waals surface area contributed by atoms with Gasteiger partial charge in [-0.3, -0.25) is 0 Å². The van der Waals surface area contributed by atoms with Gasteiger partial charge in [-0.15, -0.1) is 0 Å². The molecule has 0 amide bonds. The lowest BCUT2D eigenvalue weighted by molar-refractivity contribution is 0.0697. The maximum atomic E-state index is 11.9. The van der Waals surface area contributed by atoms with Gasteiger partial charge in [0.1, 0.15) is 0 Å². The molecule has 3 aromatic rings. The smallest absolute Gasteiger partial charge is 0.336 e. The highest BCUT2D eigenvalue weighted by molar-refractivity contribution is 9.10. The Morgan fingerprint density at radius 1 is 1.09 bits per heavy atom. The Kier molecular flexibility index (Phi) is 4.41. The lowest BCUT2D eigenvalue weighted by atomic mass is 9.95. The molecule has 5 heteroatoms. The van der Waals surface area contributed by atoms with E-state index in [1.165, 1.54) is 0 Å². The van der Waals surface area contributed by atoms with E-state index in [9.17, 15) is 15.0 Å². The highest BCUT2D eigenvalue weighted by Crippen LogP contribution is 2.34. The van der Waals surface area contributed by atoms with Gasteiger partial charge >= 0.3 is 5.97 Å². The summed E-state index contributed by atoms with van der Waals surface area (Å²) < 4.78 is 0.679. The molecule has 23 heavy (non-hydrogen) atoms. The lowest BCUT2D eigenvalue weighted by Gasteiger charge is -2.15. The predicted molar refractivity (Wildman–Crippen MR) is 92.6 cm³/mol. The van der Waals surface area contributed by atoms with Crippen molar-refractivity contribution in [3.8, 4) is 11.3 Å². The molecule has 3 rings (SSSR count). The fourth-order valence-corrected chi connectivity index (χ4v) is 3.29. The Morgan fingerprint density at radius 3 is 2.48 bits per heavy atom. The van der Waals surface area contributed by atoms with Gasteiger partial charge in [-0.2, -0.15) is 0 Å². The number of benzene rings is 2. The van der Waals surface area contributed by atoms with E-state index in [1.54, 1.807) is 12.1 Å². The molecule has 0 atom stereocenters. The largest absolute Gasteiger partial charge is 0.478 e. The zero-order chi connectivity index (χ0) is 16.4. The van der Waals surface area contributed by atoms with Crippen molar-refractivity contribution in [2.75, 3.05) is 6.61 Å². The van der Waals surface area contributed by atoms with Gasteiger partial charge in [-0.1, -0.05) is 52.3 Å². The molecule has 2 N–H and O–H groups in total. The van der Waals surface area contributed by atoms with Crippen LogP contribution in [0, 0.1) is 0 Å². The third-order valence-electron chi connectivity index (χ3n) is 3.68. The van der Waals surface area contributed by atoms with Gasteiger partial charge in [0.25, 0.3) is 0 Å². The first-order valence-electron chi connectivity index (χ1n) is 7.14. The topological polar surface area (TPSA) is 70.4 Å². The fraction of sp³-hybridized carbons (Fsp3) is 0.111. The van der Waals surface area contributed by atoms with Crippen LogP contribution in [0.3, 0.4) is 0 Å². The number of aliphatic hydroxyl groups excluding tert-OH is 1. The van der Waals surface area contributed by atoms with Crippen LogP contribution >= 0.6 is 15.9 Å². The predicted octanol–water partition coefficient (Wildman–Crippen LogP) is 3.90. The molecule has 0 radical (unpaired) electrons. The number of nitrogens with zero attached hydrogens (tertiary/aromatic N) is 1. The number of fused-ring (bicyclic) bond motifs is 1. The average Bonchev–Trinajstić information content (AvgIpc) is 2.55. The molecule has 0 aliphatic rings. The van der Waals surface area contributed by atoms with Gasteiger partial charge < -0.3 is 10.2 Å². The highest BCUT2D eigenvalue weighted by atomic mass is 79.9. The van der Waals surface area contributed by atoms with Gasteiger partial charge in [0, 0.05) is 22.0 Å². The van der Waals surface area contributed by atoms with Crippen molar-refractivity contribution in [2.45, 2.75) is 6.42 Å². The summed E-state index contributed by atoms with van der Waals surface area (Å²) in [6.45, 7) is -0.141. The first kappa shape index (κ1) is 15.6. The van der Waals surface area contributed by atoms with Gasteiger partial charge in [-0.25, -0.2) is 9.78 Å². The number of aromatic nitrogens is 1. The van der Waals surface area contributed by atoms with E-state index >= 15 is 0 Å². The van der Waals surface area contributed by atoms with E-state index in [2.05, 4.69) is 20.9 Å². The third-order valence-corrected chi connectivity index (χ3v) is 4.35. The van der Waals surface area contributed by atoms with Crippen molar-refractivity contribution in [1.29, 1.82) is 0 Å². The number of pyridine rings is 1. The van der Waals surface area contributed by atoms with Crippen LogP contribution in [0.2, 0.25) is 0 Å². The summed E-state index contributed by atoms with van der Waals surface area (Å²) in [5.41, 5.74) is 2.78. The van der Waals surface area contributed by atoms with Gasteiger partial charge in [-0.05, 0) is 24.1 Å². The maximum absolute atomic E-state index is 11.9. The molecule has 116 valence electrons. The van der Waals surface area contributed by atoms with E-state index in [4.69, 9.17) is 0 Å². The van der Waals surface area contributed by atoms with Crippen LogP contribution in [0.25, 0.3) is 22.2 Å². The monoisotopic (exact) mass is 371 g/mol. The number of halogens is 1. The Balaban J connectivity index is 2.45. The van der Waals surface area contributed by atoms with Gasteiger partial charge in [0.05, 0.1) is 16.8 Å². The molecule has 1 heterocycles. The fourth-order valence-electron chi connectivity index (χ4n) is 2.74. The molecule has 0 aliphatic carbocycles. The van der Waals surface area contributed by atoms with E-state index in [1.807, 2.05) is 36.4 Å². The summed E-state index contributed by atoms with van der Waals surface area (Å²) in [7, 11) is 0. The van der Waals surface area contributed by atoms with Crippen molar-refractivity contribution in [3.63, 3.8) is 0 Å². The van der Waals surface area contributed by atoms with Crippen LogP contribution in [0.5, 0.6) is 0 Å². The molecule has 0 aliphatic heterocycles. The number of aromatic carboxylic acids is 1. The quantitative estimate of drug-likeness (QED) is 0.729. The van der Waals surface area contributed by atoms with Gasteiger partial charge in [0.2, 0.25) is 0 Å². The van der Waals surface area contributed by atoms with Crippen molar-refractivity contribution in [2.24, 2.45) is 0 Å². The first-order valence-corrected chi connectivity index (χ1v) is 7.93. The minimum atomic E-state index is -1.02. The minimum absolute atomic E-state index is 0.141. The van der Waals surface area contributed by atoms with E-state index < -0.39 is 5.97 Å². The molecule has 4 nitrogen and oxygen atoms in total. The molecular weight excluding hydrogens is 358 g/mol. The van der Waals surface area contributed by atoms with Crippen molar-refractivity contribution >= 4 is 32.8 Å². The van der Waals surface area contributed by atoms with Crippen molar-refractivity contribution < 1.29 is 15.0 Å². The second-order valence-corrected chi connectivity index (χ2v) is 5.95. The van der Waals surface area contributed by atoms with Gasteiger partial charge in [0.15, 0.2) is 0 Å². The Hall–Kier alpha value is -2.24. The SMILES string of the molecule is O=C(O)c1c(CCO)c(-c2ccccc2)nc2cccc(Br)c12. The van der Waals surface area contributed by atoms with Crippen molar-refractivity contribution in [3.05, 3.63) is 64.1 Å². The number of carboxylic acid groups (broad SMARTS) is 1. The number of rotatable bonds is 4. The maximum Gasteiger partial charge on any atom is 0.336 e. The van der Waals surface area contributed by atoms with Crippen LogP contribution in [0.15, 0.2) is 53.0 Å². The first-order chi connectivity index (χ1) is 11.1. The number of carbonyl (C=O) groups is 1. The average molecular weight is 372 g/mol. The lowest BCUT2D eigenvalue weighted by Crippen LogP contribution is -2.09. The normalized spacial score (nSPS) is 10.9. The van der Waals surface area contributed by atoms with E-state index in [-0.39, 0.29) is 18.6 Å². The zero-order valence-electron chi connectivity index (χ0n) is 12.2. The number of hydrogen-bond donors (Lipinski definition) is 2. The van der Waals surface area contributed by atoms with Crippen LogP contribution in [0.4, 0.5) is 0 Å². The summed E-state index contributed by atoms with van der Waals surface area (Å²) in [4.78, 5) is 16.6. The van der Waals surface area contributed by atoms with Crippen LogP contribution < -0.4 is 0 Å². The standard InChI is InChI=1S/C18H14BrNO3/c19-13-7-4-8-14-16(13)15(18(22)23)12(9-10-21)17(20-14)11-5-2-1-3-6-11/h1-8,21H,9-10H2,(H,22,23). The Labute approximate surface area is 141 Å². The summed E-state index contributed by atoms with van der Waals surface area (Å²) in [6, 6.07) is 14.8. The second kappa shape index (κ2) is 6.48. The van der Waals surface area contributed by atoms with E-state index in [0.717, 1.165) is 5.56 Å². The molecule has 0 saturated carbocycles. The van der Waals surface area contributed by atoms with Crippen LogP contribution in [-0.2, 0) is 6.42 Å². The third kappa shape index (κ3) is 2.85.